The monoisotopic (exact) mass is 1060 g/mol. The number of hydrogen-bond acceptors (Lipinski definition) is 14. The van der Waals surface area contributed by atoms with Crippen molar-refractivity contribution in [2.24, 2.45) is 11.8 Å². The number of hydrogen-bond donors (Lipinski definition) is 1. The highest BCUT2D eigenvalue weighted by Crippen LogP contribution is 2.47. The second-order valence-corrected chi connectivity index (χ2v) is 33.3. The first-order valence-electron chi connectivity index (χ1n) is 28.0. The van der Waals surface area contributed by atoms with Crippen LogP contribution in [0.1, 0.15) is 170 Å². The lowest BCUT2D eigenvalue weighted by atomic mass is 9.79. The predicted octanol–water partition coefficient (Wildman–Crippen LogP) is 12.2. The van der Waals surface area contributed by atoms with Gasteiger partial charge in [0.1, 0.15) is 36.6 Å². The van der Waals surface area contributed by atoms with Crippen LogP contribution in [0.4, 0.5) is 0 Å². The van der Waals surface area contributed by atoms with Gasteiger partial charge >= 0.3 is 5.97 Å². The van der Waals surface area contributed by atoms with Gasteiger partial charge in [0.05, 0.1) is 61.4 Å². The molecule has 4 fully saturated rings. The standard InChI is InChI=1S/C58H90N2O12Si2/c1-15-73(16-2,17-3)72-58-31-48(63-14)29-49(70-58)34-66-55(61)23-18-20-44-24-39(10)25-45(67-44)27-46-28-47(71-74(36(4)5,37(6)7)38(8)9)30-52(68-46)50-35-65-53(60-50)22-19-21-51-41(12)56(62)42(13)57(69-51)40(11)26-43-33-64-54(32-58)59-43/h19,22,26,33,35-38,41-42,44-49,51-52,56-57,62H,10,15-17,20-21,24-25,27-32,34H2,1-9,11-14H3/b22-19-,40-26-/t41?,42-,44+,45-,46-,47+,48-,49-,51-,52-,56+,57+,58-/m1/s1. The Bertz CT molecular complexity index is 2260. The van der Waals surface area contributed by atoms with E-state index in [9.17, 15) is 9.90 Å². The van der Waals surface area contributed by atoms with Crippen molar-refractivity contribution in [3.8, 4) is 11.8 Å². The van der Waals surface area contributed by atoms with Crippen molar-refractivity contribution < 1.29 is 56.0 Å². The second kappa shape index (κ2) is 25.5. The third-order valence-electron chi connectivity index (χ3n) is 17.2. The molecule has 2 aromatic rings. The molecule has 0 aromatic carbocycles. The van der Waals surface area contributed by atoms with E-state index in [2.05, 4.69) is 80.7 Å². The largest absolute Gasteiger partial charge is 0.453 e. The van der Waals surface area contributed by atoms with Gasteiger partial charge in [-0.3, -0.25) is 0 Å². The van der Waals surface area contributed by atoms with Crippen LogP contribution in [0, 0.1) is 23.7 Å². The number of esters is 1. The lowest BCUT2D eigenvalue weighted by Crippen LogP contribution is -2.57. The number of aliphatic hydroxyl groups is 1. The van der Waals surface area contributed by atoms with Gasteiger partial charge in [-0.25, -0.2) is 14.8 Å². The maximum atomic E-state index is 13.3. The maximum absolute atomic E-state index is 13.3. The van der Waals surface area contributed by atoms with E-state index in [1.165, 1.54) is 0 Å². The molecule has 1 N–H and O–H groups in total. The number of nitrogens with zero attached hydrogens (tertiary/aromatic N) is 2. The number of methoxy groups -OCH3 is 1. The molecule has 12 bridgehead atoms. The molecular formula is C58H90N2O12Si2. The molecule has 16 heteroatoms. The molecule has 7 rings (SSSR count). The van der Waals surface area contributed by atoms with Gasteiger partial charge in [-0.15, -0.1) is 0 Å². The summed E-state index contributed by atoms with van der Waals surface area (Å²) in [6.07, 6.45) is 11.9. The van der Waals surface area contributed by atoms with Gasteiger partial charge in [-0.2, -0.15) is 0 Å². The van der Waals surface area contributed by atoms with E-state index in [-0.39, 0.29) is 73.7 Å². The van der Waals surface area contributed by atoms with E-state index >= 15 is 0 Å². The van der Waals surface area contributed by atoms with Crippen LogP contribution in [0.3, 0.4) is 0 Å². The lowest BCUT2D eigenvalue weighted by molar-refractivity contribution is -0.271. The quantitative estimate of drug-likeness (QED) is 0.0743. The topological polar surface area (TPSA) is 163 Å². The van der Waals surface area contributed by atoms with Gasteiger partial charge in [0.2, 0.25) is 14.2 Å². The van der Waals surface area contributed by atoms with Crippen LogP contribution in [-0.4, -0.2) is 112 Å². The van der Waals surface area contributed by atoms with Gasteiger partial charge in [0.25, 0.3) is 0 Å². The highest BCUT2D eigenvalue weighted by atomic mass is 28.4. The molecule has 5 aliphatic heterocycles. The second-order valence-electron chi connectivity index (χ2n) is 23.2. The van der Waals surface area contributed by atoms with Crippen molar-refractivity contribution in [3.05, 3.63) is 59.5 Å². The van der Waals surface area contributed by atoms with Gasteiger partial charge < -0.3 is 51.2 Å². The molecule has 7 heterocycles. The summed E-state index contributed by atoms with van der Waals surface area (Å²) in [6.45, 7) is 31.0. The molecule has 5 aliphatic rings. The fourth-order valence-corrected chi connectivity index (χ4v) is 21.6. The Kier molecular flexibility index (Phi) is 20.1. The Morgan fingerprint density at radius 1 is 0.865 bits per heavy atom. The Labute approximate surface area is 444 Å². The van der Waals surface area contributed by atoms with Gasteiger partial charge in [-0.1, -0.05) is 100 Å². The predicted molar refractivity (Wildman–Crippen MR) is 291 cm³/mol. The van der Waals surface area contributed by atoms with Crippen LogP contribution in [0.5, 0.6) is 0 Å². The van der Waals surface area contributed by atoms with Crippen LogP contribution in [0.15, 0.2) is 45.2 Å². The van der Waals surface area contributed by atoms with Crippen molar-refractivity contribution in [2.75, 3.05) is 13.7 Å². The first-order chi connectivity index (χ1) is 35.2. The minimum absolute atomic E-state index is 0.0202. The molecule has 1 unspecified atom stereocenters. The fraction of sp³-hybridized carbons (Fsp3) is 0.741. The zero-order valence-corrected chi connectivity index (χ0v) is 49.0. The van der Waals surface area contributed by atoms with E-state index in [0.29, 0.717) is 85.5 Å². The average Bonchev–Trinajstić information content (AvgIpc) is 4.02. The number of rotatable bonds is 11. The number of aromatic nitrogens is 2. The SMILES string of the molecule is C=C1C[C@@H]2C[C@@H]3C[C@H](O[Si](C(C)C)(C(C)C)C(C)C)C[C@@H](O3)c3coc(n3)/C=C\C[C@H]3O[C@@H](/C(C)=C\c4coc(n4)C[C@]4(O[Si](CC)(CC)CC)C[C@H](OC)C[C@H](COC(=O)C#CC[C@@H](C1)O2)O4)[C@H](C)[C@@H](O)C3C. The van der Waals surface area contributed by atoms with Crippen molar-refractivity contribution in [2.45, 2.75) is 249 Å². The number of carbonyl (C=O) groups is 1. The lowest BCUT2D eigenvalue weighted by Gasteiger charge is -2.48. The summed E-state index contributed by atoms with van der Waals surface area (Å²) in [5.41, 5.74) is 4.65. The Hall–Kier alpha value is -3.22. The van der Waals surface area contributed by atoms with Gasteiger partial charge in [0.15, 0.2) is 20.0 Å². The molecule has 2 aromatic heterocycles. The highest BCUT2D eigenvalue weighted by molar-refractivity contribution is 6.77. The van der Waals surface area contributed by atoms with Gasteiger partial charge in [-0.05, 0) is 85.1 Å². The van der Waals surface area contributed by atoms with Crippen LogP contribution < -0.4 is 0 Å². The average molecular weight is 1060 g/mol. The number of aliphatic hydroxyl groups excluding tert-OH is 1. The molecule has 0 spiro atoms. The molecule has 412 valence electrons. The smallest absolute Gasteiger partial charge is 0.384 e. The summed E-state index contributed by atoms with van der Waals surface area (Å²) >= 11 is 0. The Morgan fingerprint density at radius 2 is 1.57 bits per heavy atom. The summed E-state index contributed by atoms with van der Waals surface area (Å²) in [5.74, 6) is 4.68. The summed E-state index contributed by atoms with van der Waals surface area (Å²) in [4.78, 5) is 23.3. The minimum Gasteiger partial charge on any atom is -0.453 e. The van der Waals surface area contributed by atoms with Gasteiger partial charge in [0, 0.05) is 57.0 Å². The Morgan fingerprint density at radius 3 is 2.26 bits per heavy atom. The molecule has 4 saturated heterocycles. The summed E-state index contributed by atoms with van der Waals surface area (Å²) in [7, 11) is -2.85. The number of oxazole rings is 2. The fourth-order valence-electron chi connectivity index (χ4n) is 13.1. The van der Waals surface area contributed by atoms with Crippen molar-refractivity contribution in [1.29, 1.82) is 0 Å². The van der Waals surface area contributed by atoms with Crippen LogP contribution in [0.2, 0.25) is 34.8 Å². The van der Waals surface area contributed by atoms with E-state index in [4.69, 9.17) is 56.1 Å². The van der Waals surface area contributed by atoms with Crippen molar-refractivity contribution >= 4 is 34.8 Å². The number of carbonyl (C=O) groups excluding carboxylic acids is 1. The van der Waals surface area contributed by atoms with Crippen molar-refractivity contribution in [3.63, 3.8) is 0 Å². The maximum Gasteiger partial charge on any atom is 0.384 e. The third-order valence-corrected chi connectivity index (χ3v) is 28.0. The first-order valence-corrected chi connectivity index (χ1v) is 32.7. The summed E-state index contributed by atoms with van der Waals surface area (Å²) in [5, 5.41) is 11.6. The van der Waals surface area contributed by atoms with E-state index < -0.39 is 40.6 Å². The third kappa shape index (κ3) is 13.9. The molecule has 0 amide bonds. The molecule has 14 nitrogen and oxygen atoms in total. The zero-order valence-electron chi connectivity index (χ0n) is 47.0. The summed E-state index contributed by atoms with van der Waals surface area (Å²) < 4.78 is 66.4. The van der Waals surface area contributed by atoms with E-state index in [0.717, 1.165) is 41.4 Å². The van der Waals surface area contributed by atoms with E-state index in [1.807, 2.05) is 39.0 Å². The van der Waals surface area contributed by atoms with Crippen LogP contribution in [-0.2, 0) is 48.5 Å². The first kappa shape index (κ1) is 58.5. The normalized spacial score (nSPS) is 34.3. The molecule has 74 heavy (non-hydrogen) atoms. The molecule has 0 radical (unpaired) electrons. The molecule has 0 saturated carbocycles. The highest BCUT2D eigenvalue weighted by Gasteiger charge is 2.51. The van der Waals surface area contributed by atoms with Crippen LogP contribution in [0.25, 0.3) is 12.2 Å². The number of ether oxygens (including phenoxy) is 6. The number of cyclic esters (lactones) is 1. The summed E-state index contributed by atoms with van der Waals surface area (Å²) in [6, 6.07) is 2.70. The molecular weight excluding hydrogens is 973 g/mol. The van der Waals surface area contributed by atoms with E-state index in [1.54, 1.807) is 19.6 Å². The minimum atomic E-state index is -2.30. The van der Waals surface area contributed by atoms with Crippen molar-refractivity contribution in [1.82, 2.24) is 9.97 Å². The Balaban J connectivity index is 1.20. The van der Waals surface area contributed by atoms with Crippen LogP contribution >= 0.6 is 0 Å². The number of fused-ring (bicyclic) bond motifs is 13. The molecule has 13 atom stereocenters. The molecule has 0 aliphatic carbocycles. The zero-order chi connectivity index (χ0) is 53.5.